The first-order valence-corrected chi connectivity index (χ1v) is 12.1. The molecule has 1 unspecified atom stereocenters. The molecule has 4 aromatic rings. The number of aromatic amines is 1. The number of primary amides is 1. The van der Waals surface area contributed by atoms with Crippen LogP contribution in [0.25, 0.3) is 10.2 Å². The highest BCUT2D eigenvalue weighted by Crippen LogP contribution is 2.32. The first-order chi connectivity index (χ1) is 16.3. The van der Waals surface area contributed by atoms with Gasteiger partial charge in [-0.2, -0.15) is 5.10 Å². The second kappa shape index (κ2) is 8.73. The van der Waals surface area contributed by atoms with Gasteiger partial charge in [0.2, 0.25) is 0 Å². The topological polar surface area (TPSA) is 123 Å². The van der Waals surface area contributed by atoms with Crippen LogP contribution >= 0.6 is 22.9 Å². The fourth-order valence-corrected chi connectivity index (χ4v) is 5.59. The molecule has 10 heteroatoms. The summed E-state index contributed by atoms with van der Waals surface area (Å²) < 4.78 is 1.90. The predicted molar refractivity (Wildman–Crippen MR) is 132 cm³/mol. The molecule has 3 aromatic heterocycles. The van der Waals surface area contributed by atoms with Crippen LogP contribution in [0, 0.1) is 6.92 Å². The smallest absolute Gasteiger partial charge is 0.261 e. The van der Waals surface area contributed by atoms with Gasteiger partial charge in [-0.1, -0.05) is 23.7 Å². The van der Waals surface area contributed by atoms with Crippen LogP contribution in [0.2, 0.25) is 5.02 Å². The fourth-order valence-electron chi connectivity index (χ4n) is 4.40. The summed E-state index contributed by atoms with van der Waals surface area (Å²) in [6.45, 7) is 2.50. The molecule has 34 heavy (non-hydrogen) atoms. The van der Waals surface area contributed by atoms with Crippen molar-refractivity contribution in [1.82, 2.24) is 20.1 Å². The van der Waals surface area contributed by atoms with E-state index in [2.05, 4.69) is 15.4 Å². The molecule has 5 rings (SSSR count). The van der Waals surface area contributed by atoms with Gasteiger partial charge in [-0.15, -0.1) is 11.3 Å². The molecule has 1 atom stereocenters. The number of nitrogens with zero attached hydrogens (tertiary/aromatic N) is 2. The van der Waals surface area contributed by atoms with E-state index in [0.29, 0.717) is 29.3 Å². The number of aryl methyl sites for hydroxylation is 2. The van der Waals surface area contributed by atoms with Crippen molar-refractivity contribution in [3.63, 3.8) is 0 Å². The van der Waals surface area contributed by atoms with E-state index in [4.69, 9.17) is 17.3 Å². The molecule has 0 fully saturated rings. The Balaban J connectivity index is 1.42. The minimum atomic E-state index is -0.787. The standard InChI is InChI=1S/C24H22ClN5O3S/c1-12-15-10-20(34-24(15)30(29-12)11-13-5-7-14(25)8-6-13)23(33)28-19-4-2-3-18-16(19)9-17(21(26)31)22(32)27-18/h5-10,19H,2-4,11H2,1H3,(H2,26,31)(H,27,32)(H,28,33). The van der Waals surface area contributed by atoms with Gasteiger partial charge in [-0.3, -0.25) is 19.1 Å². The summed E-state index contributed by atoms with van der Waals surface area (Å²) in [5.41, 5.74) is 8.14. The highest BCUT2D eigenvalue weighted by atomic mass is 35.5. The SMILES string of the molecule is Cc1nn(Cc2ccc(Cl)cc2)c2sc(C(=O)NC3CCCc4[nH]c(=O)c(C(N)=O)cc43)cc12. The number of benzene rings is 1. The van der Waals surface area contributed by atoms with Gasteiger partial charge in [0.1, 0.15) is 10.4 Å². The molecule has 0 spiro atoms. The van der Waals surface area contributed by atoms with E-state index in [1.165, 1.54) is 17.4 Å². The Labute approximate surface area is 203 Å². The molecule has 0 bridgehead atoms. The lowest BCUT2D eigenvalue weighted by atomic mass is 9.90. The third-order valence-corrected chi connectivity index (χ3v) is 7.50. The summed E-state index contributed by atoms with van der Waals surface area (Å²) in [6, 6.07) is 10.7. The quantitative estimate of drug-likeness (QED) is 0.390. The summed E-state index contributed by atoms with van der Waals surface area (Å²) in [7, 11) is 0. The van der Waals surface area contributed by atoms with Gasteiger partial charge in [0.05, 0.1) is 23.2 Å². The van der Waals surface area contributed by atoms with Gasteiger partial charge in [0.25, 0.3) is 17.4 Å². The average Bonchev–Trinajstić information content (AvgIpc) is 3.36. The molecular weight excluding hydrogens is 474 g/mol. The van der Waals surface area contributed by atoms with Gasteiger partial charge in [-0.05, 0) is 61.6 Å². The van der Waals surface area contributed by atoms with Gasteiger partial charge >= 0.3 is 0 Å². The molecule has 3 heterocycles. The summed E-state index contributed by atoms with van der Waals surface area (Å²) in [5, 5.41) is 9.32. The van der Waals surface area contributed by atoms with Crippen molar-refractivity contribution in [3.05, 3.63) is 84.7 Å². The number of amides is 2. The third-order valence-electron chi connectivity index (χ3n) is 6.10. The van der Waals surface area contributed by atoms with Gasteiger partial charge < -0.3 is 16.0 Å². The lowest BCUT2D eigenvalue weighted by molar-refractivity contribution is 0.0936. The van der Waals surface area contributed by atoms with Crippen LogP contribution in [0.5, 0.6) is 0 Å². The van der Waals surface area contributed by atoms with Crippen molar-refractivity contribution in [1.29, 1.82) is 0 Å². The Kier molecular flexibility index (Phi) is 5.75. The van der Waals surface area contributed by atoms with E-state index in [1.54, 1.807) is 0 Å². The van der Waals surface area contributed by atoms with Crippen molar-refractivity contribution in [2.24, 2.45) is 5.73 Å². The van der Waals surface area contributed by atoms with E-state index >= 15 is 0 Å². The Morgan fingerprint density at radius 1 is 1.29 bits per heavy atom. The predicted octanol–water partition coefficient (Wildman–Crippen LogP) is 3.70. The minimum Gasteiger partial charge on any atom is -0.365 e. The van der Waals surface area contributed by atoms with E-state index in [0.717, 1.165) is 39.2 Å². The van der Waals surface area contributed by atoms with Crippen LogP contribution in [-0.4, -0.2) is 26.6 Å². The second-order valence-electron chi connectivity index (χ2n) is 8.43. The molecule has 174 valence electrons. The summed E-state index contributed by atoms with van der Waals surface area (Å²) >= 11 is 7.38. The molecule has 8 nitrogen and oxygen atoms in total. The van der Waals surface area contributed by atoms with Crippen LogP contribution in [0.15, 0.2) is 41.2 Å². The zero-order valence-corrected chi connectivity index (χ0v) is 19.9. The van der Waals surface area contributed by atoms with Crippen LogP contribution in [0.4, 0.5) is 0 Å². The molecule has 1 aromatic carbocycles. The zero-order chi connectivity index (χ0) is 24.0. The lowest BCUT2D eigenvalue weighted by Gasteiger charge is -2.26. The van der Waals surface area contributed by atoms with E-state index in [9.17, 15) is 14.4 Å². The number of fused-ring (bicyclic) bond motifs is 2. The highest BCUT2D eigenvalue weighted by molar-refractivity contribution is 7.20. The first kappa shape index (κ1) is 22.4. The Bertz CT molecular complexity index is 1490. The Morgan fingerprint density at radius 3 is 2.79 bits per heavy atom. The number of rotatable bonds is 5. The maximum atomic E-state index is 13.2. The fraction of sp³-hybridized carbons (Fsp3) is 0.250. The van der Waals surface area contributed by atoms with Crippen molar-refractivity contribution in [3.8, 4) is 0 Å². The molecule has 1 aliphatic carbocycles. The number of halogens is 1. The maximum absolute atomic E-state index is 13.2. The molecule has 0 saturated carbocycles. The molecule has 1 aliphatic rings. The average molecular weight is 496 g/mol. The molecule has 4 N–H and O–H groups in total. The monoisotopic (exact) mass is 495 g/mol. The summed E-state index contributed by atoms with van der Waals surface area (Å²) in [6.07, 6.45) is 2.20. The van der Waals surface area contributed by atoms with Gasteiger partial charge in [0.15, 0.2) is 0 Å². The van der Waals surface area contributed by atoms with Crippen molar-refractivity contribution in [2.45, 2.75) is 38.8 Å². The van der Waals surface area contributed by atoms with Crippen LogP contribution in [0.3, 0.4) is 0 Å². The Morgan fingerprint density at radius 2 is 2.06 bits per heavy atom. The summed E-state index contributed by atoms with van der Waals surface area (Å²) in [4.78, 5) is 41.2. The third kappa shape index (κ3) is 4.12. The number of carbonyl (C=O) groups excluding carboxylic acids is 2. The van der Waals surface area contributed by atoms with Gasteiger partial charge in [0, 0.05) is 16.1 Å². The largest absolute Gasteiger partial charge is 0.365 e. The highest BCUT2D eigenvalue weighted by Gasteiger charge is 2.26. The number of nitrogens with two attached hydrogens (primary N) is 1. The number of pyridine rings is 1. The maximum Gasteiger partial charge on any atom is 0.261 e. The molecule has 0 saturated heterocycles. The number of thiophene rings is 1. The number of carbonyl (C=O) groups is 2. The first-order valence-electron chi connectivity index (χ1n) is 10.9. The molecule has 0 aliphatic heterocycles. The zero-order valence-electron chi connectivity index (χ0n) is 18.4. The van der Waals surface area contributed by atoms with Crippen molar-refractivity contribution >= 4 is 45.0 Å². The Hall–Kier alpha value is -3.43. The van der Waals surface area contributed by atoms with E-state index in [1.807, 2.05) is 41.9 Å². The van der Waals surface area contributed by atoms with Crippen LogP contribution in [0.1, 0.15) is 61.4 Å². The van der Waals surface area contributed by atoms with Crippen LogP contribution < -0.4 is 16.6 Å². The number of hydrogen-bond donors (Lipinski definition) is 3. The van der Waals surface area contributed by atoms with Gasteiger partial charge in [-0.25, -0.2) is 0 Å². The minimum absolute atomic E-state index is 0.0975. The van der Waals surface area contributed by atoms with E-state index < -0.39 is 11.5 Å². The number of aromatic nitrogens is 3. The number of H-pyrrole nitrogens is 1. The molecular formula is C24H22ClN5O3S. The lowest BCUT2D eigenvalue weighted by Crippen LogP contribution is -2.33. The van der Waals surface area contributed by atoms with Crippen molar-refractivity contribution in [2.75, 3.05) is 0 Å². The van der Waals surface area contributed by atoms with Crippen molar-refractivity contribution < 1.29 is 9.59 Å². The summed E-state index contributed by atoms with van der Waals surface area (Å²) in [5.74, 6) is -0.992. The molecule has 0 radical (unpaired) electrons. The van der Waals surface area contributed by atoms with E-state index in [-0.39, 0.29) is 17.5 Å². The normalized spacial score (nSPS) is 15.3. The number of nitrogens with one attached hydrogen (secondary N) is 2. The van der Waals surface area contributed by atoms with Crippen LogP contribution in [-0.2, 0) is 13.0 Å². The molecule has 2 amide bonds. The number of hydrogen-bond acceptors (Lipinski definition) is 5. The second-order valence-corrected chi connectivity index (χ2v) is 9.89.